The van der Waals surface area contributed by atoms with E-state index >= 15 is 0 Å². The molecule has 41 heavy (non-hydrogen) atoms. The molecule has 0 bridgehead atoms. The summed E-state index contributed by atoms with van der Waals surface area (Å²) in [5.41, 5.74) is 0. The molecule has 2 amide bonds. The number of carbonyl (C=O) groups is 6. The molecule has 0 aliphatic carbocycles. The van der Waals surface area contributed by atoms with Crippen LogP contribution in [0.25, 0.3) is 0 Å². The summed E-state index contributed by atoms with van der Waals surface area (Å²) in [6.45, 7) is 6.18. The van der Waals surface area contributed by atoms with Crippen LogP contribution in [0.15, 0.2) is 0 Å². The lowest BCUT2D eigenvalue weighted by Gasteiger charge is -2.16. The molecule has 0 aliphatic rings. The van der Waals surface area contributed by atoms with E-state index < -0.39 is 0 Å². The minimum Gasteiger partial charge on any atom is -0.356 e. The third kappa shape index (κ3) is 26.3. The molecule has 8 heteroatoms. The zero-order valence-corrected chi connectivity index (χ0v) is 26.3. The van der Waals surface area contributed by atoms with Gasteiger partial charge in [-0.15, -0.1) is 0 Å². The predicted molar refractivity (Wildman–Crippen MR) is 164 cm³/mol. The molecule has 0 aromatic rings. The van der Waals surface area contributed by atoms with Gasteiger partial charge in [0.2, 0.25) is 11.8 Å². The van der Waals surface area contributed by atoms with Gasteiger partial charge in [-0.05, 0) is 58.3 Å². The van der Waals surface area contributed by atoms with Crippen molar-refractivity contribution in [2.24, 2.45) is 5.92 Å². The average Bonchev–Trinajstić information content (AvgIpc) is 2.92. The van der Waals surface area contributed by atoms with E-state index in [1.165, 1.54) is 6.92 Å². The van der Waals surface area contributed by atoms with Gasteiger partial charge in [0.1, 0.15) is 23.1 Å². The summed E-state index contributed by atoms with van der Waals surface area (Å²) in [7, 11) is 0. The number of Topliss-reactive ketones (excluding diaryl/α,β-unsaturated/α-hetero) is 4. The van der Waals surface area contributed by atoms with Crippen LogP contribution in [0.4, 0.5) is 0 Å². The van der Waals surface area contributed by atoms with Crippen LogP contribution >= 0.6 is 0 Å². The zero-order valence-electron chi connectivity index (χ0n) is 26.3. The fourth-order valence-electron chi connectivity index (χ4n) is 4.84. The largest absolute Gasteiger partial charge is 0.356 e. The van der Waals surface area contributed by atoms with Crippen LogP contribution in [0.2, 0.25) is 0 Å². The minimum atomic E-state index is -0.263. The molecule has 0 saturated carbocycles. The Kier molecular flexibility index (Phi) is 25.0. The van der Waals surface area contributed by atoms with Crippen LogP contribution in [-0.2, 0) is 28.8 Å². The molecule has 0 fully saturated rings. The molecule has 0 radical (unpaired) electrons. The molecular weight excluding hydrogens is 520 g/mol. The summed E-state index contributed by atoms with van der Waals surface area (Å²) in [5.74, 6) is 0.509. The molecule has 0 aromatic carbocycles. The predicted octanol–water partition coefficient (Wildman–Crippen LogP) is 6.36. The molecule has 1 atom stereocenters. The van der Waals surface area contributed by atoms with Crippen LogP contribution in [0.5, 0.6) is 0 Å². The molecule has 0 aliphatic heterocycles. The van der Waals surface area contributed by atoms with Gasteiger partial charge in [-0.1, -0.05) is 45.4 Å². The Balaban J connectivity index is 4.39. The first-order chi connectivity index (χ1) is 19.6. The van der Waals surface area contributed by atoms with Gasteiger partial charge < -0.3 is 15.4 Å². The van der Waals surface area contributed by atoms with Crippen molar-refractivity contribution in [2.45, 2.75) is 156 Å². The van der Waals surface area contributed by atoms with Gasteiger partial charge in [-0.2, -0.15) is 0 Å². The molecule has 0 saturated heterocycles. The SMILES string of the molecule is CCC(=O)CCCCCCC(=O)C(CCCCNC(=O)CCCCCNC(C)=O)CC(=O)CCCCCCC(C)=O. The molecule has 0 rings (SSSR count). The van der Waals surface area contributed by atoms with Gasteiger partial charge in [-0.3, -0.25) is 24.0 Å². The number of hydrogen-bond donors (Lipinski definition) is 2. The number of carbonyl (C=O) groups excluding carboxylic acids is 6. The van der Waals surface area contributed by atoms with E-state index in [1.54, 1.807) is 6.92 Å². The van der Waals surface area contributed by atoms with Gasteiger partial charge in [0.25, 0.3) is 0 Å². The minimum absolute atomic E-state index is 0.0243. The van der Waals surface area contributed by atoms with E-state index in [1.807, 2.05) is 6.92 Å². The lowest BCUT2D eigenvalue weighted by molar-refractivity contribution is -0.128. The summed E-state index contributed by atoms with van der Waals surface area (Å²) in [5, 5.41) is 5.70. The summed E-state index contributed by atoms with van der Waals surface area (Å²) in [6, 6.07) is 0. The number of ketones is 4. The van der Waals surface area contributed by atoms with E-state index in [-0.39, 0.29) is 40.9 Å². The highest BCUT2D eigenvalue weighted by atomic mass is 16.2. The van der Waals surface area contributed by atoms with Crippen molar-refractivity contribution in [2.75, 3.05) is 13.1 Å². The lowest BCUT2D eigenvalue weighted by Crippen LogP contribution is -2.25. The van der Waals surface area contributed by atoms with Crippen LogP contribution in [0.1, 0.15) is 156 Å². The molecular formula is C33H58N2O6. The van der Waals surface area contributed by atoms with E-state index in [2.05, 4.69) is 10.6 Å². The van der Waals surface area contributed by atoms with Crippen molar-refractivity contribution in [1.82, 2.24) is 10.6 Å². The zero-order chi connectivity index (χ0) is 30.7. The Morgan fingerprint density at radius 1 is 0.537 bits per heavy atom. The third-order valence-electron chi connectivity index (χ3n) is 7.44. The summed E-state index contributed by atoms with van der Waals surface area (Å²) >= 11 is 0. The van der Waals surface area contributed by atoms with Crippen molar-refractivity contribution >= 4 is 34.9 Å². The second kappa shape index (κ2) is 26.5. The maximum atomic E-state index is 13.0. The maximum Gasteiger partial charge on any atom is 0.219 e. The normalized spacial score (nSPS) is 11.6. The molecule has 1 unspecified atom stereocenters. The Labute approximate surface area is 248 Å². The second-order valence-electron chi connectivity index (χ2n) is 11.5. The fraction of sp³-hybridized carbons (Fsp3) is 0.818. The van der Waals surface area contributed by atoms with Crippen LogP contribution in [0.3, 0.4) is 0 Å². The summed E-state index contributed by atoms with van der Waals surface area (Å²) in [6.07, 6.45) is 15.3. The fourth-order valence-corrected chi connectivity index (χ4v) is 4.84. The van der Waals surface area contributed by atoms with Crippen molar-refractivity contribution in [3.8, 4) is 0 Å². The van der Waals surface area contributed by atoms with E-state index in [0.717, 1.165) is 83.5 Å². The average molecular weight is 579 g/mol. The van der Waals surface area contributed by atoms with Crippen molar-refractivity contribution < 1.29 is 28.8 Å². The maximum absolute atomic E-state index is 13.0. The van der Waals surface area contributed by atoms with Gasteiger partial charge in [0.05, 0.1) is 0 Å². The van der Waals surface area contributed by atoms with E-state index in [0.29, 0.717) is 64.5 Å². The monoisotopic (exact) mass is 578 g/mol. The molecule has 0 spiro atoms. The smallest absolute Gasteiger partial charge is 0.219 e. The first-order valence-corrected chi connectivity index (χ1v) is 16.2. The van der Waals surface area contributed by atoms with Crippen LogP contribution in [-0.4, -0.2) is 48.0 Å². The van der Waals surface area contributed by atoms with Crippen molar-refractivity contribution in [3.63, 3.8) is 0 Å². The first kappa shape index (κ1) is 38.6. The highest BCUT2D eigenvalue weighted by Crippen LogP contribution is 2.20. The van der Waals surface area contributed by atoms with Gasteiger partial charge >= 0.3 is 0 Å². The van der Waals surface area contributed by atoms with Gasteiger partial charge in [0, 0.05) is 70.9 Å². The second-order valence-corrected chi connectivity index (χ2v) is 11.5. The molecule has 236 valence electrons. The lowest BCUT2D eigenvalue weighted by atomic mass is 9.88. The van der Waals surface area contributed by atoms with E-state index in [4.69, 9.17) is 0 Å². The van der Waals surface area contributed by atoms with Gasteiger partial charge in [-0.25, -0.2) is 0 Å². The number of nitrogens with one attached hydrogen (secondary N) is 2. The number of rotatable bonds is 29. The number of amides is 2. The first-order valence-electron chi connectivity index (χ1n) is 16.2. The highest BCUT2D eigenvalue weighted by molar-refractivity contribution is 5.88. The Morgan fingerprint density at radius 2 is 1.05 bits per heavy atom. The highest BCUT2D eigenvalue weighted by Gasteiger charge is 2.21. The molecule has 2 N–H and O–H groups in total. The summed E-state index contributed by atoms with van der Waals surface area (Å²) < 4.78 is 0. The van der Waals surface area contributed by atoms with Crippen molar-refractivity contribution in [1.29, 1.82) is 0 Å². The standard InChI is InChI=1S/C33H58N2O6/c1-4-30(38)20-11-7-8-13-22-32(40)29(26-31(39)21-12-6-5-10-18-27(2)36)19-15-17-25-35-33(41)23-14-9-16-24-34-28(3)37/h29H,4-26H2,1-3H3,(H,34,37)(H,35,41). The number of hydrogen-bond acceptors (Lipinski definition) is 6. The van der Waals surface area contributed by atoms with Gasteiger partial charge in [0.15, 0.2) is 0 Å². The summed E-state index contributed by atoms with van der Waals surface area (Å²) in [4.78, 5) is 71.1. The van der Waals surface area contributed by atoms with Crippen LogP contribution in [0, 0.1) is 5.92 Å². The van der Waals surface area contributed by atoms with Crippen LogP contribution < -0.4 is 10.6 Å². The quantitative estimate of drug-likeness (QED) is 0.0994. The Bertz CT molecular complexity index is 780. The topological polar surface area (TPSA) is 126 Å². The molecule has 0 aromatic heterocycles. The Morgan fingerprint density at radius 3 is 1.66 bits per heavy atom. The third-order valence-corrected chi connectivity index (χ3v) is 7.44. The number of unbranched alkanes of at least 4 members (excludes halogenated alkanes) is 9. The molecule has 0 heterocycles. The van der Waals surface area contributed by atoms with Crippen molar-refractivity contribution in [3.05, 3.63) is 0 Å². The van der Waals surface area contributed by atoms with E-state index in [9.17, 15) is 28.8 Å². The molecule has 8 nitrogen and oxygen atoms in total. The Hall–Kier alpha value is -2.38.